The second kappa shape index (κ2) is 5.31. The molecule has 4 heteroatoms. The summed E-state index contributed by atoms with van der Waals surface area (Å²) >= 11 is 0. The standard InChI is InChI=1S/C14H17FN2O/c1-3-7-16-8-9-17(14(18)11(16)2)13-6-4-5-12(15)10-13/h3-6,10-11H,1,7-9H2,2H3/t11-/m1/s1. The first kappa shape index (κ1) is 12.8. The summed E-state index contributed by atoms with van der Waals surface area (Å²) < 4.78 is 13.2. The van der Waals surface area contributed by atoms with E-state index in [9.17, 15) is 9.18 Å². The van der Waals surface area contributed by atoms with Crippen molar-refractivity contribution in [3.8, 4) is 0 Å². The van der Waals surface area contributed by atoms with Crippen LogP contribution in [0.1, 0.15) is 6.92 Å². The Morgan fingerprint density at radius 1 is 1.50 bits per heavy atom. The minimum Gasteiger partial charge on any atom is -0.310 e. The minimum absolute atomic E-state index is 0.00806. The molecule has 1 heterocycles. The van der Waals surface area contributed by atoms with Gasteiger partial charge in [-0.25, -0.2) is 4.39 Å². The van der Waals surface area contributed by atoms with Crippen LogP contribution in [-0.4, -0.2) is 36.5 Å². The third-order valence-corrected chi connectivity index (χ3v) is 3.27. The number of rotatable bonds is 3. The maximum Gasteiger partial charge on any atom is 0.244 e. The normalized spacial score (nSPS) is 21.1. The first-order chi connectivity index (χ1) is 8.63. The zero-order valence-electron chi connectivity index (χ0n) is 10.5. The molecule has 0 saturated carbocycles. The minimum atomic E-state index is -0.318. The molecule has 3 nitrogen and oxygen atoms in total. The molecule has 0 unspecified atom stereocenters. The highest BCUT2D eigenvalue weighted by molar-refractivity contribution is 5.97. The predicted octanol–water partition coefficient (Wildman–Crippen LogP) is 2.05. The van der Waals surface area contributed by atoms with Gasteiger partial charge >= 0.3 is 0 Å². The van der Waals surface area contributed by atoms with E-state index in [0.717, 1.165) is 6.54 Å². The van der Waals surface area contributed by atoms with Crippen LogP contribution in [0.4, 0.5) is 10.1 Å². The van der Waals surface area contributed by atoms with Crippen LogP contribution >= 0.6 is 0 Å². The second-order valence-electron chi connectivity index (χ2n) is 4.43. The van der Waals surface area contributed by atoms with Gasteiger partial charge in [-0.15, -0.1) is 6.58 Å². The van der Waals surface area contributed by atoms with E-state index in [4.69, 9.17) is 0 Å². The van der Waals surface area contributed by atoms with Crippen molar-refractivity contribution in [1.82, 2.24) is 4.90 Å². The topological polar surface area (TPSA) is 23.6 Å². The number of hydrogen-bond acceptors (Lipinski definition) is 2. The van der Waals surface area contributed by atoms with Gasteiger partial charge < -0.3 is 4.90 Å². The first-order valence-corrected chi connectivity index (χ1v) is 6.05. The van der Waals surface area contributed by atoms with Gasteiger partial charge in [0.1, 0.15) is 5.82 Å². The van der Waals surface area contributed by atoms with Crippen LogP contribution in [-0.2, 0) is 4.79 Å². The molecule has 1 amide bonds. The molecular formula is C14H17FN2O. The van der Waals surface area contributed by atoms with Crippen molar-refractivity contribution in [1.29, 1.82) is 0 Å². The Morgan fingerprint density at radius 3 is 2.94 bits per heavy atom. The molecule has 1 aromatic rings. The second-order valence-corrected chi connectivity index (χ2v) is 4.43. The SMILES string of the molecule is C=CCN1CCN(c2cccc(F)c2)C(=O)[C@H]1C. The van der Waals surface area contributed by atoms with Crippen molar-refractivity contribution in [2.45, 2.75) is 13.0 Å². The van der Waals surface area contributed by atoms with Crippen molar-refractivity contribution < 1.29 is 9.18 Å². The highest BCUT2D eigenvalue weighted by Crippen LogP contribution is 2.20. The number of benzene rings is 1. The molecule has 1 atom stereocenters. The fourth-order valence-corrected chi connectivity index (χ4v) is 2.23. The molecule has 0 aromatic heterocycles. The average molecular weight is 248 g/mol. The Hall–Kier alpha value is -1.68. The Bertz CT molecular complexity index is 461. The zero-order valence-corrected chi connectivity index (χ0v) is 10.5. The predicted molar refractivity (Wildman–Crippen MR) is 70.0 cm³/mol. The van der Waals surface area contributed by atoms with Gasteiger partial charge in [0, 0.05) is 25.3 Å². The average Bonchev–Trinajstić information content (AvgIpc) is 2.35. The summed E-state index contributed by atoms with van der Waals surface area (Å²) in [4.78, 5) is 16.0. The van der Waals surface area contributed by atoms with Gasteiger partial charge in [-0.05, 0) is 25.1 Å². The lowest BCUT2D eigenvalue weighted by Gasteiger charge is -2.38. The molecule has 0 bridgehead atoms. The fourth-order valence-electron chi connectivity index (χ4n) is 2.23. The van der Waals surface area contributed by atoms with Crippen LogP contribution in [0.2, 0.25) is 0 Å². The largest absolute Gasteiger partial charge is 0.310 e. The van der Waals surface area contributed by atoms with Crippen LogP contribution in [0.3, 0.4) is 0 Å². The van der Waals surface area contributed by atoms with Gasteiger partial charge in [0.2, 0.25) is 5.91 Å². The molecular weight excluding hydrogens is 231 g/mol. The Kier molecular flexibility index (Phi) is 3.77. The van der Waals surface area contributed by atoms with E-state index in [1.54, 1.807) is 23.1 Å². The van der Waals surface area contributed by atoms with E-state index in [-0.39, 0.29) is 17.8 Å². The number of nitrogens with zero attached hydrogens (tertiary/aromatic N) is 2. The van der Waals surface area contributed by atoms with Crippen LogP contribution in [0.5, 0.6) is 0 Å². The highest BCUT2D eigenvalue weighted by Gasteiger charge is 2.31. The zero-order chi connectivity index (χ0) is 13.1. The molecule has 18 heavy (non-hydrogen) atoms. The monoisotopic (exact) mass is 248 g/mol. The molecule has 0 spiro atoms. The highest BCUT2D eigenvalue weighted by atomic mass is 19.1. The van der Waals surface area contributed by atoms with E-state index < -0.39 is 0 Å². The summed E-state index contributed by atoms with van der Waals surface area (Å²) in [5.41, 5.74) is 0.630. The molecule has 1 aromatic carbocycles. The molecule has 1 aliphatic heterocycles. The molecule has 0 N–H and O–H groups in total. The van der Waals surface area contributed by atoms with Crippen molar-refractivity contribution in [3.05, 3.63) is 42.7 Å². The summed E-state index contributed by atoms with van der Waals surface area (Å²) in [5.74, 6) is -0.310. The number of carbonyl (C=O) groups excluding carboxylic acids is 1. The van der Waals surface area contributed by atoms with Gasteiger partial charge in [0.15, 0.2) is 0 Å². The molecule has 96 valence electrons. The van der Waals surface area contributed by atoms with E-state index >= 15 is 0 Å². The van der Waals surface area contributed by atoms with Crippen LogP contribution in [0.25, 0.3) is 0 Å². The summed E-state index contributed by atoms with van der Waals surface area (Å²) in [7, 11) is 0. The smallest absolute Gasteiger partial charge is 0.244 e. The van der Waals surface area contributed by atoms with Crippen LogP contribution in [0.15, 0.2) is 36.9 Å². The number of anilines is 1. The number of carbonyl (C=O) groups is 1. The summed E-state index contributed by atoms with van der Waals surface area (Å²) in [6.07, 6.45) is 1.79. The van der Waals surface area contributed by atoms with E-state index in [1.165, 1.54) is 12.1 Å². The molecule has 1 saturated heterocycles. The molecule has 1 aliphatic rings. The van der Waals surface area contributed by atoms with E-state index in [1.807, 2.05) is 6.92 Å². The molecule has 0 aliphatic carbocycles. The number of halogens is 1. The third-order valence-electron chi connectivity index (χ3n) is 3.27. The number of amides is 1. The molecule has 0 radical (unpaired) electrons. The fraction of sp³-hybridized carbons (Fsp3) is 0.357. The quantitative estimate of drug-likeness (QED) is 0.764. The Labute approximate surface area is 107 Å². The lowest BCUT2D eigenvalue weighted by atomic mass is 10.1. The van der Waals surface area contributed by atoms with Crippen LogP contribution < -0.4 is 4.90 Å². The third kappa shape index (κ3) is 2.43. The maximum absolute atomic E-state index is 13.2. The Morgan fingerprint density at radius 2 is 2.28 bits per heavy atom. The summed E-state index contributed by atoms with van der Waals surface area (Å²) in [6.45, 7) is 7.61. The van der Waals surface area contributed by atoms with Gasteiger partial charge in [-0.2, -0.15) is 0 Å². The molecule has 1 fully saturated rings. The van der Waals surface area contributed by atoms with E-state index in [2.05, 4.69) is 11.5 Å². The van der Waals surface area contributed by atoms with Crippen molar-refractivity contribution in [3.63, 3.8) is 0 Å². The van der Waals surface area contributed by atoms with E-state index in [0.29, 0.717) is 18.8 Å². The maximum atomic E-state index is 13.2. The molecule has 2 rings (SSSR count). The van der Waals surface area contributed by atoms with Crippen LogP contribution in [0, 0.1) is 5.82 Å². The summed E-state index contributed by atoms with van der Waals surface area (Å²) in [6, 6.07) is 5.97. The van der Waals surface area contributed by atoms with Gasteiger partial charge in [0.05, 0.1) is 6.04 Å². The lowest BCUT2D eigenvalue weighted by molar-refractivity contribution is -0.124. The number of piperazine rings is 1. The van der Waals surface area contributed by atoms with Gasteiger partial charge in [-0.3, -0.25) is 9.69 Å². The summed E-state index contributed by atoms with van der Waals surface area (Å²) in [5, 5.41) is 0. The lowest BCUT2D eigenvalue weighted by Crippen LogP contribution is -2.55. The van der Waals surface area contributed by atoms with Crippen molar-refractivity contribution >= 4 is 11.6 Å². The van der Waals surface area contributed by atoms with Gasteiger partial charge in [0.25, 0.3) is 0 Å². The van der Waals surface area contributed by atoms with Gasteiger partial charge in [-0.1, -0.05) is 12.1 Å². The number of hydrogen-bond donors (Lipinski definition) is 0. The Balaban J connectivity index is 2.17. The first-order valence-electron chi connectivity index (χ1n) is 6.05. The van der Waals surface area contributed by atoms with Crippen molar-refractivity contribution in [2.24, 2.45) is 0 Å². The van der Waals surface area contributed by atoms with Crippen molar-refractivity contribution in [2.75, 3.05) is 24.5 Å².